The molecular formula is C27H31N3O6. The number of carbonyl (C=O) groups excluding carboxylic acids is 2. The number of amidine groups is 1. The molecule has 3 atom stereocenters. The van der Waals surface area contributed by atoms with Gasteiger partial charge in [-0.05, 0) is 63.3 Å². The number of ether oxygens (including phenoxy) is 3. The van der Waals surface area contributed by atoms with Crippen molar-refractivity contribution in [1.82, 2.24) is 10.0 Å². The molecule has 3 heterocycles. The Balaban J connectivity index is 1.64. The monoisotopic (exact) mass is 493 g/mol. The molecule has 1 aromatic carbocycles. The summed E-state index contributed by atoms with van der Waals surface area (Å²) in [5, 5.41) is 0.916. The Hall–Kier alpha value is -3.39. The zero-order chi connectivity index (χ0) is 25.5. The fourth-order valence-corrected chi connectivity index (χ4v) is 5.46. The Kier molecular flexibility index (Phi) is 6.24. The molecule has 1 aromatic heterocycles. The van der Waals surface area contributed by atoms with Crippen LogP contribution in [-0.4, -0.2) is 53.8 Å². The number of rotatable bonds is 8. The van der Waals surface area contributed by atoms with Gasteiger partial charge in [0.15, 0.2) is 11.8 Å². The van der Waals surface area contributed by atoms with Crippen LogP contribution in [0.25, 0.3) is 10.9 Å². The summed E-state index contributed by atoms with van der Waals surface area (Å²) in [5.41, 5.74) is 4.12. The van der Waals surface area contributed by atoms with Crippen LogP contribution in [0.2, 0.25) is 0 Å². The molecule has 0 bridgehead atoms. The fraction of sp³-hybridized carbons (Fsp3) is 0.481. The van der Waals surface area contributed by atoms with Crippen LogP contribution < -0.4 is 5.48 Å². The Morgan fingerprint density at radius 2 is 2.19 bits per heavy atom. The van der Waals surface area contributed by atoms with Crippen LogP contribution in [0.3, 0.4) is 0 Å². The number of aliphatic imine (C=N–C) groups is 1. The van der Waals surface area contributed by atoms with E-state index in [4.69, 9.17) is 19.0 Å². The van der Waals surface area contributed by atoms with Crippen LogP contribution in [0, 0.1) is 0 Å². The van der Waals surface area contributed by atoms with Crippen molar-refractivity contribution >= 4 is 28.6 Å². The van der Waals surface area contributed by atoms with E-state index in [1.54, 1.807) is 18.9 Å². The van der Waals surface area contributed by atoms with Gasteiger partial charge in [-0.2, -0.15) is 4.99 Å². The molecule has 9 heteroatoms. The molecule has 3 aliphatic rings. The van der Waals surface area contributed by atoms with Gasteiger partial charge in [-0.15, -0.1) is 6.58 Å². The van der Waals surface area contributed by atoms with E-state index < -0.39 is 11.5 Å². The van der Waals surface area contributed by atoms with Crippen molar-refractivity contribution in [3.8, 4) is 0 Å². The van der Waals surface area contributed by atoms with E-state index in [1.165, 1.54) is 5.56 Å². The van der Waals surface area contributed by atoms with E-state index in [0.717, 1.165) is 23.7 Å². The molecule has 36 heavy (non-hydrogen) atoms. The highest BCUT2D eigenvalue weighted by Gasteiger charge is 2.64. The average molecular weight is 494 g/mol. The van der Waals surface area contributed by atoms with Crippen molar-refractivity contribution in [2.45, 2.75) is 63.2 Å². The third-order valence-corrected chi connectivity index (χ3v) is 7.12. The second kappa shape index (κ2) is 9.24. The van der Waals surface area contributed by atoms with Gasteiger partial charge in [0.2, 0.25) is 0 Å². The first-order valence-electron chi connectivity index (χ1n) is 12.3. The van der Waals surface area contributed by atoms with Gasteiger partial charge >= 0.3 is 11.9 Å². The van der Waals surface area contributed by atoms with E-state index in [1.807, 2.05) is 16.7 Å². The number of esters is 1. The molecule has 0 spiro atoms. The lowest BCUT2D eigenvalue weighted by Gasteiger charge is -2.35. The number of hydroxylamine groups is 1. The minimum atomic E-state index is -0.881. The molecule has 2 fully saturated rings. The van der Waals surface area contributed by atoms with E-state index in [9.17, 15) is 9.59 Å². The van der Waals surface area contributed by atoms with Crippen molar-refractivity contribution < 1.29 is 28.6 Å². The lowest BCUT2D eigenvalue weighted by molar-refractivity contribution is -0.0592. The maximum Gasteiger partial charge on any atom is 0.355 e. The SMILES string of the molecule is C=CCO[C@H]1C[C@]1(C1=NC(=C=O)ON1)n1c(C(=O)OCC)cc2cc([C@H]3CCOC(C)(C)C3)ccc21. The van der Waals surface area contributed by atoms with Crippen molar-refractivity contribution in [3.05, 3.63) is 54.1 Å². The summed E-state index contributed by atoms with van der Waals surface area (Å²) in [6, 6.07) is 8.16. The molecule has 0 unspecified atom stereocenters. The maximum atomic E-state index is 13.2. The number of fused-ring (bicyclic) bond motifs is 1. The second-order valence-corrected chi connectivity index (χ2v) is 10.0. The molecule has 1 aliphatic carbocycles. The fourth-order valence-electron chi connectivity index (χ4n) is 5.46. The highest BCUT2D eigenvalue weighted by molar-refractivity contribution is 6.02. The van der Waals surface area contributed by atoms with E-state index >= 15 is 0 Å². The normalized spacial score (nSPS) is 26.5. The summed E-state index contributed by atoms with van der Waals surface area (Å²) >= 11 is 0. The average Bonchev–Trinajstić information content (AvgIpc) is 3.19. The molecule has 2 aliphatic heterocycles. The topological polar surface area (TPSA) is 100 Å². The van der Waals surface area contributed by atoms with E-state index in [-0.39, 0.29) is 24.2 Å². The minimum absolute atomic E-state index is 0.177. The summed E-state index contributed by atoms with van der Waals surface area (Å²) in [7, 11) is 0. The molecule has 190 valence electrons. The third-order valence-electron chi connectivity index (χ3n) is 7.12. The van der Waals surface area contributed by atoms with Crippen LogP contribution in [-0.2, 0) is 29.4 Å². The lowest BCUT2D eigenvalue weighted by Crippen LogP contribution is -2.40. The highest BCUT2D eigenvalue weighted by Crippen LogP contribution is 2.51. The number of aromatic nitrogens is 1. The first-order valence-corrected chi connectivity index (χ1v) is 12.3. The number of nitrogens with zero attached hydrogens (tertiary/aromatic N) is 2. The molecule has 0 amide bonds. The molecule has 2 aromatic rings. The van der Waals surface area contributed by atoms with Crippen LogP contribution in [0.15, 0.2) is 47.8 Å². The molecule has 0 radical (unpaired) electrons. The predicted molar refractivity (Wildman–Crippen MR) is 133 cm³/mol. The van der Waals surface area contributed by atoms with Crippen LogP contribution >= 0.6 is 0 Å². The molecule has 1 N–H and O–H groups in total. The zero-order valence-corrected chi connectivity index (χ0v) is 20.8. The molecule has 1 saturated heterocycles. The van der Waals surface area contributed by atoms with Crippen LogP contribution in [0.5, 0.6) is 0 Å². The van der Waals surface area contributed by atoms with Crippen molar-refractivity contribution in [2.24, 2.45) is 4.99 Å². The van der Waals surface area contributed by atoms with Gasteiger partial charge < -0.3 is 23.6 Å². The number of benzene rings is 1. The summed E-state index contributed by atoms with van der Waals surface area (Å²) < 4.78 is 19.3. The predicted octanol–water partition coefficient (Wildman–Crippen LogP) is 3.77. The van der Waals surface area contributed by atoms with Crippen LogP contribution in [0.1, 0.15) is 62.0 Å². The van der Waals surface area contributed by atoms with Gasteiger partial charge in [-0.1, -0.05) is 12.1 Å². The van der Waals surface area contributed by atoms with Gasteiger partial charge in [0.05, 0.1) is 24.9 Å². The molecule has 1 saturated carbocycles. The maximum absolute atomic E-state index is 13.2. The van der Waals surface area contributed by atoms with Gasteiger partial charge in [0, 0.05) is 23.9 Å². The number of carbonyl (C=O) groups is 1. The Bertz CT molecular complexity index is 1290. The van der Waals surface area contributed by atoms with Crippen LogP contribution in [0.4, 0.5) is 0 Å². The van der Waals surface area contributed by atoms with E-state index in [0.29, 0.717) is 37.1 Å². The molecule has 5 rings (SSSR count). The Morgan fingerprint density at radius 1 is 1.36 bits per heavy atom. The van der Waals surface area contributed by atoms with Gasteiger partial charge in [-0.3, -0.25) is 0 Å². The molecule has 9 nitrogen and oxygen atoms in total. The third kappa shape index (κ3) is 4.13. The van der Waals surface area contributed by atoms with Gasteiger partial charge in [0.1, 0.15) is 11.2 Å². The minimum Gasteiger partial charge on any atom is -0.461 e. The summed E-state index contributed by atoms with van der Waals surface area (Å²) in [4.78, 5) is 33.8. The van der Waals surface area contributed by atoms with Gasteiger partial charge in [-0.25, -0.2) is 15.1 Å². The summed E-state index contributed by atoms with van der Waals surface area (Å²) in [6.45, 7) is 11.0. The van der Waals surface area contributed by atoms with Gasteiger partial charge in [0.25, 0.3) is 0 Å². The lowest BCUT2D eigenvalue weighted by atomic mass is 9.83. The standard InChI is InChI=1S/C27H31N3O6/c1-5-10-34-22-15-27(22,25-28-23(16-31)36-29-25)30-20-8-7-17(18-9-11-35-26(3,4)14-18)12-19(20)13-21(30)24(32)33-6-2/h5,7-8,12-13,18,22H,1,6,9-11,14-15H2,2-4H3,(H,28,29)/t18-,22-,27-/m0/s1. The first kappa shape index (κ1) is 24.3. The number of hydrogen-bond acceptors (Lipinski definition) is 8. The highest BCUT2D eigenvalue weighted by atomic mass is 16.7. The van der Waals surface area contributed by atoms with E-state index in [2.05, 4.69) is 43.0 Å². The number of hydrogen-bond donors (Lipinski definition) is 1. The molecular weight excluding hydrogens is 462 g/mol. The quantitative estimate of drug-likeness (QED) is 0.339. The summed E-state index contributed by atoms with van der Waals surface area (Å²) in [5.74, 6) is 1.77. The second-order valence-electron chi connectivity index (χ2n) is 10.0. The number of nitrogens with one attached hydrogen (secondary N) is 1. The smallest absolute Gasteiger partial charge is 0.355 e. The first-order chi connectivity index (χ1) is 17.3. The Labute approximate surface area is 209 Å². The van der Waals surface area contributed by atoms with Crippen molar-refractivity contribution in [3.63, 3.8) is 0 Å². The van der Waals surface area contributed by atoms with Crippen molar-refractivity contribution in [2.75, 3.05) is 19.8 Å². The van der Waals surface area contributed by atoms with Crippen molar-refractivity contribution in [1.29, 1.82) is 0 Å². The zero-order valence-electron chi connectivity index (χ0n) is 20.8. The Morgan fingerprint density at radius 3 is 2.89 bits per heavy atom. The largest absolute Gasteiger partial charge is 0.461 e. The summed E-state index contributed by atoms with van der Waals surface area (Å²) in [6.07, 6.45) is 3.73.